The molecular formula is C22H23FN6O. The first kappa shape index (κ1) is 18.7. The van der Waals surface area contributed by atoms with Crippen LogP contribution in [-0.2, 0) is 0 Å². The highest BCUT2D eigenvalue weighted by Crippen LogP contribution is 2.42. The van der Waals surface area contributed by atoms with Gasteiger partial charge < -0.3 is 15.5 Å². The number of nitrogens with zero attached hydrogens (tertiary/aromatic N) is 4. The number of aromatic nitrogens is 2. The van der Waals surface area contributed by atoms with Crippen LogP contribution in [0.4, 0.5) is 15.0 Å². The molecule has 1 aromatic carbocycles. The van der Waals surface area contributed by atoms with Gasteiger partial charge in [-0.1, -0.05) is 30.3 Å². The minimum atomic E-state index is -0.540. The van der Waals surface area contributed by atoms with Gasteiger partial charge in [0.15, 0.2) is 11.6 Å². The Labute approximate surface area is 174 Å². The van der Waals surface area contributed by atoms with Crippen molar-refractivity contribution in [1.82, 2.24) is 20.2 Å². The molecule has 0 radical (unpaired) electrons. The second-order valence-electron chi connectivity index (χ2n) is 8.42. The van der Waals surface area contributed by atoms with E-state index >= 15 is 0 Å². The molecule has 2 amide bonds. The number of amidine groups is 1. The molecule has 5 rings (SSSR count). The smallest absolute Gasteiger partial charge is 0.318 e. The van der Waals surface area contributed by atoms with Gasteiger partial charge in [0, 0.05) is 17.5 Å². The molecule has 2 N–H and O–H groups in total. The number of halogens is 1. The Morgan fingerprint density at radius 2 is 2.07 bits per heavy atom. The number of rotatable bonds is 3. The van der Waals surface area contributed by atoms with Gasteiger partial charge in [-0.15, -0.1) is 0 Å². The summed E-state index contributed by atoms with van der Waals surface area (Å²) in [5, 5.41) is 6.15. The first-order valence-corrected chi connectivity index (χ1v) is 10.1. The van der Waals surface area contributed by atoms with Crippen LogP contribution in [0.15, 0.2) is 59.0 Å². The average Bonchev–Trinajstić information content (AvgIpc) is 3.28. The average molecular weight is 406 g/mol. The van der Waals surface area contributed by atoms with Crippen molar-refractivity contribution in [3.8, 4) is 0 Å². The van der Waals surface area contributed by atoms with E-state index in [1.807, 2.05) is 36.9 Å². The van der Waals surface area contributed by atoms with Gasteiger partial charge in [0.1, 0.15) is 12.2 Å². The van der Waals surface area contributed by atoms with E-state index in [4.69, 9.17) is 0 Å². The quantitative estimate of drug-likeness (QED) is 0.821. The lowest BCUT2D eigenvalue weighted by Crippen LogP contribution is -2.51. The SMILES string of the molecule is CC1(C)C2=C(CN1C(=O)N[C@H]1C[C@@H]1c1ccccc1)C(Nc1ncncc1F)=NC2. The van der Waals surface area contributed by atoms with Gasteiger partial charge in [-0.2, -0.15) is 0 Å². The number of benzene rings is 1. The Kier molecular flexibility index (Phi) is 4.30. The highest BCUT2D eigenvalue weighted by Gasteiger charge is 2.47. The monoisotopic (exact) mass is 406 g/mol. The fraction of sp³-hybridized carbons (Fsp3) is 0.364. The van der Waals surface area contributed by atoms with Crippen LogP contribution < -0.4 is 10.6 Å². The van der Waals surface area contributed by atoms with Crippen LogP contribution in [0.2, 0.25) is 0 Å². The van der Waals surface area contributed by atoms with Gasteiger partial charge in [0.05, 0.1) is 24.8 Å². The lowest BCUT2D eigenvalue weighted by molar-refractivity contribution is 0.170. The summed E-state index contributed by atoms with van der Waals surface area (Å²) in [6.45, 7) is 4.97. The van der Waals surface area contributed by atoms with Crippen molar-refractivity contribution in [2.45, 2.75) is 37.8 Å². The minimum Gasteiger partial charge on any atom is -0.335 e. The molecule has 154 valence electrons. The Hall–Kier alpha value is -3.29. The maximum atomic E-state index is 13.9. The van der Waals surface area contributed by atoms with Crippen LogP contribution >= 0.6 is 0 Å². The maximum Gasteiger partial charge on any atom is 0.318 e. The van der Waals surface area contributed by atoms with Crippen molar-refractivity contribution in [2.75, 3.05) is 18.4 Å². The molecule has 2 aromatic rings. The van der Waals surface area contributed by atoms with E-state index < -0.39 is 11.4 Å². The number of hydrogen-bond donors (Lipinski definition) is 2. The molecule has 1 saturated carbocycles. The lowest BCUT2D eigenvalue weighted by Gasteiger charge is -2.34. The third kappa shape index (κ3) is 3.12. The molecule has 1 aromatic heterocycles. The van der Waals surface area contributed by atoms with Crippen molar-refractivity contribution >= 4 is 17.7 Å². The van der Waals surface area contributed by atoms with Crippen LogP contribution in [0, 0.1) is 5.82 Å². The molecule has 0 spiro atoms. The molecule has 30 heavy (non-hydrogen) atoms. The zero-order valence-electron chi connectivity index (χ0n) is 16.9. The molecule has 8 heteroatoms. The zero-order valence-corrected chi connectivity index (χ0v) is 16.9. The van der Waals surface area contributed by atoms with E-state index in [2.05, 4.69) is 37.7 Å². The molecule has 3 aliphatic rings. The number of carbonyl (C=O) groups is 1. The highest BCUT2D eigenvalue weighted by molar-refractivity contribution is 6.11. The van der Waals surface area contributed by atoms with Gasteiger partial charge in [-0.05, 0) is 31.4 Å². The topological polar surface area (TPSA) is 82.5 Å². The summed E-state index contributed by atoms with van der Waals surface area (Å²) in [6, 6.07) is 10.3. The molecule has 2 atom stereocenters. The summed E-state index contributed by atoms with van der Waals surface area (Å²) in [5.74, 6) is 0.489. The predicted molar refractivity (Wildman–Crippen MR) is 112 cm³/mol. The molecular weight excluding hydrogens is 383 g/mol. The highest BCUT2D eigenvalue weighted by atomic mass is 19.1. The van der Waals surface area contributed by atoms with Gasteiger partial charge in [0.2, 0.25) is 0 Å². The van der Waals surface area contributed by atoms with Crippen LogP contribution in [0.3, 0.4) is 0 Å². The number of amides is 2. The normalized spacial score (nSPS) is 23.8. The standard InChI is InChI=1S/C22H23FN6O/c1-22(2)16-9-25-19(28-20-17(23)10-24-12-26-20)15(16)11-29(22)21(30)27-18-8-14(18)13-6-4-3-5-7-13/h3-7,10,12,14,18H,8-9,11H2,1-2H3,(H,27,30)(H,24,25,26,28)/t14-,18+/m1/s1. The minimum absolute atomic E-state index is 0.0783. The number of urea groups is 1. The van der Waals surface area contributed by atoms with Crippen LogP contribution in [0.1, 0.15) is 31.7 Å². The Balaban J connectivity index is 1.27. The molecule has 0 saturated heterocycles. The largest absolute Gasteiger partial charge is 0.335 e. The van der Waals surface area contributed by atoms with Crippen molar-refractivity contribution in [1.29, 1.82) is 0 Å². The van der Waals surface area contributed by atoms with Gasteiger partial charge in [0.25, 0.3) is 0 Å². The number of nitrogens with one attached hydrogen (secondary N) is 2. The summed E-state index contributed by atoms with van der Waals surface area (Å²) in [6.07, 6.45) is 3.35. The second kappa shape index (κ2) is 6.90. The van der Waals surface area contributed by atoms with E-state index in [1.54, 1.807) is 0 Å². The van der Waals surface area contributed by atoms with E-state index in [0.717, 1.165) is 23.8 Å². The molecule has 7 nitrogen and oxygen atoms in total. The van der Waals surface area contributed by atoms with E-state index in [0.29, 0.717) is 24.8 Å². The van der Waals surface area contributed by atoms with E-state index in [-0.39, 0.29) is 17.9 Å². The molecule has 3 heterocycles. The second-order valence-corrected chi connectivity index (χ2v) is 8.42. The number of carbonyl (C=O) groups excluding carboxylic acids is 1. The van der Waals surface area contributed by atoms with Crippen molar-refractivity contribution in [3.05, 3.63) is 65.4 Å². The van der Waals surface area contributed by atoms with Crippen LogP contribution in [0.25, 0.3) is 0 Å². The zero-order chi connectivity index (χ0) is 20.9. The van der Waals surface area contributed by atoms with Crippen molar-refractivity contribution < 1.29 is 9.18 Å². The number of aliphatic imine (C=N–C) groups is 1. The lowest BCUT2D eigenvalue weighted by atomic mass is 9.94. The summed E-state index contributed by atoms with van der Waals surface area (Å²) in [5.41, 5.74) is 2.80. The van der Waals surface area contributed by atoms with Gasteiger partial charge in [-0.25, -0.2) is 19.2 Å². The first-order valence-electron chi connectivity index (χ1n) is 10.1. The van der Waals surface area contributed by atoms with Crippen molar-refractivity contribution in [3.63, 3.8) is 0 Å². The van der Waals surface area contributed by atoms with Crippen LogP contribution in [-0.4, -0.2) is 51.4 Å². The van der Waals surface area contributed by atoms with Gasteiger partial charge in [-0.3, -0.25) is 4.99 Å². The van der Waals surface area contributed by atoms with E-state index in [1.165, 1.54) is 11.9 Å². The number of hydrogen-bond acceptors (Lipinski definition) is 5. The first-order chi connectivity index (χ1) is 14.4. The fourth-order valence-corrected chi connectivity index (χ4v) is 4.36. The summed E-state index contributed by atoms with van der Waals surface area (Å²) in [4.78, 5) is 27.0. The Bertz CT molecular complexity index is 1060. The predicted octanol–water partition coefficient (Wildman–Crippen LogP) is 3.10. The summed E-state index contributed by atoms with van der Waals surface area (Å²) < 4.78 is 13.9. The van der Waals surface area contributed by atoms with Gasteiger partial charge >= 0.3 is 6.03 Å². The Morgan fingerprint density at radius 3 is 2.83 bits per heavy atom. The number of anilines is 1. The van der Waals surface area contributed by atoms with E-state index in [9.17, 15) is 9.18 Å². The van der Waals surface area contributed by atoms with Crippen LogP contribution in [0.5, 0.6) is 0 Å². The van der Waals surface area contributed by atoms with Crippen molar-refractivity contribution in [2.24, 2.45) is 4.99 Å². The molecule has 0 bridgehead atoms. The fourth-order valence-electron chi connectivity index (χ4n) is 4.36. The maximum absolute atomic E-state index is 13.9. The Morgan fingerprint density at radius 1 is 1.27 bits per heavy atom. The third-order valence-corrected chi connectivity index (χ3v) is 6.25. The third-order valence-electron chi connectivity index (χ3n) is 6.25. The molecule has 0 unspecified atom stereocenters. The summed E-state index contributed by atoms with van der Waals surface area (Å²) >= 11 is 0. The molecule has 1 aliphatic carbocycles. The molecule has 1 fully saturated rings. The molecule has 2 aliphatic heterocycles. The summed E-state index contributed by atoms with van der Waals surface area (Å²) in [7, 11) is 0.